The van der Waals surface area contributed by atoms with Gasteiger partial charge < -0.3 is 15.2 Å². The molecule has 2 N–H and O–H groups in total. The molecule has 1 saturated heterocycles. The van der Waals surface area contributed by atoms with Gasteiger partial charge in [0.25, 0.3) is 0 Å². The van der Waals surface area contributed by atoms with E-state index in [2.05, 4.69) is 46.8 Å². The summed E-state index contributed by atoms with van der Waals surface area (Å²) in [6.45, 7) is 2.37. The maximum atomic E-state index is 5.92. The van der Waals surface area contributed by atoms with Crippen molar-refractivity contribution in [1.82, 2.24) is 4.57 Å². The van der Waals surface area contributed by atoms with E-state index >= 15 is 0 Å². The monoisotopic (exact) mass is 265 g/mol. The first-order valence-corrected chi connectivity index (χ1v) is 7.27. The third-order valence-corrected chi connectivity index (χ3v) is 4.49. The van der Waals surface area contributed by atoms with Crippen molar-refractivity contribution >= 4 is 33.2 Å². The van der Waals surface area contributed by atoms with Crippen LogP contribution in [0.3, 0.4) is 0 Å². The summed E-state index contributed by atoms with van der Waals surface area (Å²) < 4.78 is 2.25. The zero-order chi connectivity index (χ0) is 13.7. The van der Waals surface area contributed by atoms with Crippen LogP contribution in [0.4, 0.5) is 11.4 Å². The highest BCUT2D eigenvalue weighted by molar-refractivity contribution is 6.09. The van der Waals surface area contributed by atoms with Crippen LogP contribution in [-0.4, -0.2) is 17.7 Å². The molecule has 1 aliphatic rings. The Morgan fingerprint density at radius 3 is 2.30 bits per heavy atom. The fraction of sp³-hybridized carbons (Fsp3) is 0.294. The van der Waals surface area contributed by atoms with E-state index in [-0.39, 0.29) is 0 Å². The number of anilines is 2. The number of hydrogen-bond acceptors (Lipinski definition) is 2. The lowest BCUT2D eigenvalue weighted by atomic mass is 10.1. The van der Waals surface area contributed by atoms with Crippen LogP contribution >= 0.6 is 0 Å². The predicted octanol–water partition coefficient (Wildman–Crippen LogP) is 3.51. The van der Waals surface area contributed by atoms with Crippen LogP contribution < -0.4 is 10.6 Å². The van der Waals surface area contributed by atoms with Crippen molar-refractivity contribution in [2.45, 2.75) is 12.8 Å². The molecule has 1 aromatic heterocycles. The maximum absolute atomic E-state index is 5.92. The molecule has 2 heterocycles. The Labute approximate surface area is 118 Å². The Morgan fingerprint density at radius 1 is 0.900 bits per heavy atom. The topological polar surface area (TPSA) is 34.2 Å². The molecule has 3 nitrogen and oxygen atoms in total. The normalized spacial score (nSPS) is 15.6. The molecule has 4 rings (SSSR count). The second-order valence-electron chi connectivity index (χ2n) is 5.73. The zero-order valence-electron chi connectivity index (χ0n) is 11.8. The van der Waals surface area contributed by atoms with Gasteiger partial charge in [0.05, 0.1) is 11.0 Å². The summed E-state index contributed by atoms with van der Waals surface area (Å²) in [5.74, 6) is 0. The molecule has 102 valence electrons. The van der Waals surface area contributed by atoms with E-state index in [9.17, 15) is 0 Å². The number of rotatable bonds is 1. The van der Waals surface area contributed by atoms with Crippen molar-refractivity contribution in [2.75, 3.05) is 23.7 Å². The van der Waals surface area contributed by atoms with Gasteiger partial charge in [-0.3, -0.25) is 0 Å². The van der Waals surface area contributed by atoms with Crippen molar-refractivity contribution in [1.29, 1.82) is 0 Å². The lowest BCUT2D eigenvalue weighted by Gasteiger charge is -2.17. The summed E-state index contributed by atoms with van der Waals surface area (Å²) >= 11 is 0. The van der Waals surface area contributed by atoms with Crippen molar-refractivity contribution in [2.24, 2.45) is 7.05 Å². The smallest absolute Gasteiger partial charge is 0.0509 e. The molecule has 3 aromatic rings. The van der Waals surface area contributed by atoms with E-state index in [1.165, 1.54) is 53.4 Å². The number of hydrogen-bond donors (Lipinski definition) is 1. The Hall–Kier alpha value is -2.16. The predicted molar refractivity (Wildman–Crippen MR) is 86.3 cm³/mol. The van der Waals surface area contributed by atoms with Crippen LogP contribution in [0, 0.1) is 0 Å². The molecule has 2 aromatic carbocycles. The van der Waals surface area contributed by atoms with Gasteiger partial charge in [0.15, 0.2) is 0 Å². The van der Waals surface area contributed by atoms with Gasteiger partial charge in [0.2, 0.25) is 0 Å². The first-order valence-electron chi connectivity index (χ1n) is 7.27. The molecule has 1 aliphatic heterocycles. The fourth-order valence-electron chi connectivity index (χ4n) is 3.38. The molecule has 0 saturated carbocycles. The third-order valence-electron chi connectivity index (χ3n) is 4.49. The van der Waals surface area contributed by atoms with E-state index in [0.717, 1.165) is 5.69 Å². The quantitative estimate of drug-likeness (QED) is 0.683. The summed E-state index contributed by atoms with van der Waals surface area (Å²) in [6, 6.07) is 13.0. The van der Waals surface area contributed by atoms with Crippen molar-refractivity contribution < 1.29 is 0 Å². The van der Waals surface area contributed by atoms with Gasteiger partial charge >= 0.3 is 0 Å². The second-order valence-corrected chi connectivity index (χ2v) is 5.73. The van der Waals surface area contributed by atoms with E-state index < -0.39 is 0 Å². The number of nitrogen functional groups attached to an aromatic ring is 1. The Morgan fingerprint density at radius 2 is 1.55 bits per heavy atom. The maximum Gasteiger partial charge on any atom is 0.0509 e. The first kappa shape index (κ1) is 11.6. The van der Waals surface area contributed by atoms with E-state index in [0.29, 0.717) is 0 Å². The van der Waals surface area contributed by atoms with Gasteiger partial charge in [-0.25, -0.2) is 0 Å². The van der Waals surface area contributed by atoms with Gasteiger partial charge in [0.1, 0.15) is 0 Å². The Kier molecular flexibility index (Phi) is 2.43. The van der Waals surface area contributed by atoms with E-state index in [1.54, 1.807) is 0 Å². The Balaban J connectivity index is 1.97. The molecular formula is C17H19N3. The van der Waals surface area contributed by atoms with Crippen molar-refractivity contribution in [3.63, 3.8) is 0 Å². The molecule has 1 fully saturated rings. The SMILES string of the molecule is Cn1c2cc(N)ccc2c2ccc(N3CCCC3)cc21. The Bertz CT molecular complexity index is 795. The first-order chi connectivity index (χ1) is 9.74. The van der Waals surface area contributed by atoms with Gasteiger partial charge in [0, 0.05) is 42.3 Å². The molecule has 3 heteroatoms. The van der Waals surface area contributed by atoms with Crippen molar-refractivity contribution in [3.8, 4) is 0 Å². The van der Waals surface area contributed by atoms with Crippen LogP contribution in [0.25, 0.3) is 21.8 Å². The van der Waals surface area contributed by atoms with Gasteiger partial charge in [-0.1, -0.05) is 12.1 Å². The summed E-state index contributed by atoms with van der Waals surface area (Å²) in [5, 5.41) is 2.59. The molecule has 0 bridgehead atoms. The molecule has 0 spiro atoms. The number of aryl methyl sites for hydroxylation is 1. The highest BCUT2D eigenvalue weighted by Gasteiger charge is 2.14. The average molecular weight is 265 g/mol. The van der Waals surface area contributed by atoms with Crippen LogP contribution in [-0.2, 0) is 7.05 Å². The summed E-state index contributed by atoms with van der Waals surface area (Å²) in [5.41, 5.74) is 10.6. The number of nitrogens with zero attached hydrogens (tertiary/aromatic N) is 2. The number of fused-ring (bicyclic) bond motifs is 3. The van der Waals surface area contributed by atoms with Gasteiger partial charge in [-0.05, 0) is 37.1 Å². The van der Waals surface area contributed by atoms with Gasteiger partial charge in [-0.2, -0.15) is 0 Å². The largest absolute Gasteiger partial charge is 0.399 e. The molecule has 0 unspecified atom stereocenters. The molecular weight excluding hydrogens is 246 g/mol. The minimum absolute atomic E-state index is 0.822. The van der Waals surface area contributed by atoms with E-state index in [4.69, 9.17) is 5.73 Å². The highest BCUT2D eigenvalue weighted by Crippen LogP contribution is 2.32. The average Bonchev–Trinajstić information content (AvgIpc) is 3.07. The molecule has 0 amide bonds. The summed E-state index contributed by atoms with van der Waals surface area (Å²) in [7, 11) is 2.12. The molecule has 0 aliphatic carbocycles. The zero-order valence-corrected chi connectivity index (χ0v) is 11.8. The number of aromatic nitrogens is 1. The van der Waals surface area contributed by atoms with Crippen molar-refractivity contribution in [3.05, 3.63) is 36.4 Å². The number of nitrogens with two attached hydrogens (primary N) is 1. The standard InChI is InChI=1S/C17H19N3/c1-19-16-10-12(18)4-6-14(16)15-7-5-13(11-17(15)19)20-8-2-3-9-20/h4-7,10-11H,2-3,8-9,18H2,1H3. The second kappa shape index (κ2) is 4.17. The molecule has 0 atom stereocenters. The van der Waals surface area contributed by atoms with Crippen LogP contribution in [0.1, 0.15) is 12.8 Å². The van der Waals surface area contributed by atoms with Crippen LogP contribution in [0.5, 0.6) is 0 Å². The molecule has 0 radical (unpaired) electrons. The summed E-state index contributed by atoms with van der Waals surface area (Å²) in [6.07, 6.45) is 2.62. The van der Waals surface area contributed by atoms with Crippen LogP contribution in [0.2, 0.25) is 0 Å². The number of benzene rings is 2. The third kappa shape index (κ3) is 1.59. The minimum Gasteiger partial charge on any atom is -0.399 e. The summed E-state index contributed by atoms with van der Waals surface area (Å²) in [4.78, 5) is 2.48. The molecule has 20 heavy (non-hydrogen) atoms. The fourth-order valence-corrected chi connectivity index (χ4v) is 3.38. The highest BCUT2D eigenvalue weighted by atomic mass is 15.1. The van der Waals surface area contributed by atoms with E-state index in [1.807, 2.05) is 6.07 Å². The van der Waals surface area contributed by atoms with Gasteiger partial charge in [-0.15, -0.1) is 0 Å². The lowest BCUT2D eigenvalue weighted by molar-refractivity contribution is 0.949. The van der Waals surface area contributed by atoms with Crippen LogP contribution in [0.15, 0.2) is 36.4 Å². The minimum atomic E-state index is 0.822. The lowest BCUT2D eigenvalue weighted by Crippen LogP contribution is -2.17.